The molecule has 4 nitrogen and oxygen atoms in total. The Morgan fingerprint density at radius 2 is 2.12 bits per heavy atom. The summed E-state index contributed by atoms with van der Waals surface area (Å²) in [5.41, 5.74) is 1.61. The Morgan fingerprint density at radius 1 is 1.41 bits per heavy atom. The molecular weight excluding hydrogens is 282 g/mol. The molecular formula is C12H12BrN3O. The first-order chi connectivity index (χ1) is 8.16. The largest absolute Gasteiger partial charge is 0.347 e. The Kier molecular flexibility index (Phi) is 3.58. The van der Waals surface area contributed by atoms with Crippen molar-refractivity contribution in [2.24, 2.45) is 7.05 Å². The van der Waals surface area contributed by atoms with E-state index in [0.717, 1.165) is 5.56 Å². The van der Waals surface area contributed by atoms with Gasteiger partial charge >= 0.3 is 0 Å². The molecule has 0 unspecified atom stereocenters. The molecule has 0 aliphatic rings. The van der Waals surface area contributed by atoms with Crippen LogP contribution in [0.4, 0.5) is 0 Å². The van der Waals surface area contributed by atoms with Crippen LogP contribution in [0.3, 0.4) is 0 Å². The second-order valence-electron chi connectivity index (χ2n) is 3.64. The van der Waals surface area contributed by atoms with Crippen LogP contribution in [-0.2, 0) is 13.6 Å². The summed E-state index contributed by atoms with van der Waals surface area (Å²) < 4.78 is 2.20. The molecule has 0 bridgehead atoms. The maximum absolute atomic E-state index is 11.9. The van der Waals surface area contributed by atoms with Crippen molar-refractivity contribution < 1.29 is 4.79 Å². The number of carbonyl (C=O) groups excluding carboxylic acids is 1. The van der Waals surface area contributed by atoms with E-state index in [1.807, 2.05) is 30.3 Å². The smallest absolute Gasteiger partial charge is 0.269 e. The lowest BCUT2D eigenvalue weighted by Gasteiger charge is -2.04. The van der Waals surface area contributed by atoms with E-state index >= 15 is 0 Å². The quantitative estimate of drug-likeness (QED) is 0.942. The minimum atomic E-state index is -0.130. The fourth-order valence-electron chi connectivity index (χ4n) is 1.51. The van der Waals surface area contributed by atoms with Crippen LogP contribution >= 0.6 is 15.9 Å². The highest BCUT2D eigenvalue weighted by atomic mass is 79.9. The van der Waals surface area contributed by atoms with Crippen molar-refractivity contribution in [3.8, 4) is 0 Å². The number of nitrogens with zero attached hydrogens (tertiary/aromatic N) is 2. The molecule has 88 valence electrons. The number of aryl methyl sites for hydroxylation is 1. The van der Waals surface area contributed by atoms with Gasteiger partial charge in [-0.05, 0) is 21.5 Å². The average molecular weight is 294 g/mol. The minimum absolute atomic E-state index is 0.130. The summed E-state index contributed by atoms with van der Waals surface area (Å²) in [7, 11) is 1.74. The Balaban J connectivity index is 2.01. The lowest BCUT2D eigenvalue weighted by atomic mass is 10.2. The predicted molar refractivity (Wildman–Crippen MR) is 68.5 cm³/mol. The van der Waals surface area contributed by atoms with Gasteiger partial charge in [-0.15, -0.1) is 0 Å². The highest BCUT2D eigenvalue weighted by Crippen LogP contribution is 2.09. The van der Waals surface area contributed by atoms with Gasteiger partial charge < -0.3 is 5.32 Å². The Labute approximate surface area is 108 Å². The average Bonchev–Trinajstić information content (AvgIpc) is 2.67. The molecule has 0 atom stereocenters. The van der Waals surface area contributed by atoms with Crippen molar-refractivity contribution in [3.05, 3.63) is 52.3 Å². The topological polar surface area (TPSA) is 46.9 Å². The number of aromatic nitrogens is 2. The first-order valence-corrected chi connectivity index (χ1v) is 5.98. The van der Waals surface area contributed by atoms with E-state index in [2.05, 4.69) is 26.3 Å². The number of nitrogens with one attached hydrogen (secondary N) is 1. The lowest BCUT2D eigenvalue weighted by Crippen LogP contribution is -2.25. The van der Waals surface area contributed by atoms with Crippen LogP contribution in [0.1, 0.15) is 16.1 Å². The Morgan fingerprint density at radius 3 is 2.71 bits per heavy atom. The molecule has 0 saturated carbocycles. The van der Waals surface area contributed by atoms with Crippen LogP contribution in [0.2, 0.25) is 0 Å². The van der Waals surface area contributed by atoms with Crippen LogP contribution < -0.4 is 5.32 Å². The number of hydrogen-bond acceptors (Lipinski definition) is 2. The number of rotatable bonds is 3. The van der Waals surface area contributed by atoms with Gasteiger partial charge in [0.1, 0.15) is 10.3 Å². The molecule has 1 N–H and O–H groups in total. The number of amides is 1. The van der Waals surface area contributed by atoms with Crippen LogP contribution in [0, 0.1) is 0 Å². The highest BCUT2D eigenvalue weighted by molar-refractivity contribution is 9.10. The zero-order valence-corrected chi connectivity index (χ0v) is 10.9. The molecule has 1 heterocycles. The van der Waals surface area contributed by atoms with Gasteiger partial charge in [-0.1, -0.05) is 30.3 Å². The normalized spacial score (nSPS) is 10.2. The van der Waals surface area contributed by atoms with Crippen LogP contribution in [0.5, 0.6) is 0 Å². The third-order valence-electron chi connectivity index (χ3n) is 2.38. The van der Waals surface area contributed by atoms with Crippen LogP contribution in [0.15, 0.2) is 41.0 Å². The van der Waals surface area contributed by atoms with Gasteiger partial charge in [0.15, 0.2) is 0 Å². The van der Waals surface area contributed by atoms with Gasteiger partial charge in [0.25, 0.3) is 5.91 Å². The number of halogens is 1. The van der Waals surface area contributed by atoms with E-state index in [1.54, 1.807) is 17.8 Å². The van der Waals surface area contributed by atoms with Gasteiger partial charge in [0.05, 0.1) is 0 Å². The molecule has 0 spiro atoms. The lowest BCUT2D eigenvalue weighted by molar-refractivity contribution is 0.0941. The number of hydrogen-bond donors (Lipinski definition) is 1. The summed E-state index contributed by atoms with van der Waals surface area (Å²) in [5.74, 6) is -0.130. The van der Waals surface area contributed by atoms with E-state index in [0.29, 0.717) is 16.8 Å². The standard InChI is InChI=1S/C12H12BrN3O/c1-16-10(7-11(13)15-16)12(17)14-8-9-5-3-2-4-6-9/h2-7H,8H2,1H3,(H,14,17). The molecule has 0 fully saturated rings. The first kappa shape index (κ1) is 11.9. The summed E-state index contributed by atoms with van der Waals surface area (Å²) in [5, 5.41) is 6.91. The molecule has 1 aromatic heterocycles. The maximum Gasteiger partial charge on any atom is 0.269 e. The third kappa shape index (κ3) is 2.94. The van der Waals surface area contributed by atoms with Gasteiger partial charge in [-0.25, -0.2) is 0 Å². The molecule has 1 amide bonds. The maximum atomic E-state index is 11.9. The van der Waals surface area contributed by atoms with Crippen molar-refractivity contribution in [1.82, 2.24) is 15.1 Å². The number of carbonyl (C=O) groups is 1. The van der Waals surface area contributed by atoms with E-state index in [9.17, 15) is 4.79 Å². The zero-order valence-electron chi connectivity index (χ0n) is 9.35. The fourth-order valence-corrected chi connectivity index (χ4v) is 1.97. The van der Waals surface area contributed by atoms with E-state index < -0.39 is 0 Å². The van der Waals surface area contributed by atoms with Crippen molar-refractivity contribution in [1.29, 1.82) is 0 Å². The molecule has 0 radical (unpaired) electrons. The van der Waals surface area contributed by atoms with Gasteiger partial charge in [-0.3, -0.25) is 9.48 Å². The van der Waals surface area contributed by atoms with Gasteiger partial charge in [0, 0.05) is 19.7 Å². The summed E-state index contributed by atoms with van der Waals surface area (Å²) in [6.07, 6.45) is 0. The van der Waals surface area contributed by atoms with Crippen LogP contribution in [-0.4, -0.2) is 15.7 Å². The summed E-state index contributed by atoms with van der Waals surface area (Å²) in [4.78, 5) is 11.9. The summed E-state index contributed by atoms with van der Waals surface area (Å²) >= 11 is 3.24. The molecule has 2 rings (SSSR count). The molecule has 0 aliphatic heterocycles. The summed E-state index contributed by atoms with van der Waals surface area (Å²) in [6, 6.07) is 11.5. The predicted octanol–water partition coefficient (Wildman–Crippen LogP) is 2.11. The molecule has 0 aliphatic carbocycles. The molecule has 2 aromatic rings. The van der Waals surface area contributed by atoms with Crippen molar-refractivity contribution in [3.63, 3.8) is 0 Å². The molecule has 1 aromatic carbocycles. The molecule has 0 saturated heterocycles. The van der Waals surface area contributed by atoms with Gasteiger partial charge in [0.2, 0.25) is 0 Å². The third-order valence-corrected chi connectivity index (χ3v) is 2.77. The zero-order chi connectivity index (χ0) is 12.3. The highest BCUT2D eigenvalue weighted by Gasteiger charge is 2.11. The second kappa shape index (κ2) is 5.14. The first-order valence-electron chi connectivity index (χ1n) is 5.18. The monoisotopic (exact) mass is 293 g/mol. The number of benzene rings is 1. The van der Waals surface area contributed by atoms with E-state index in [-0.39, 0.29) is 5.91 Å². The molecule has 5 heteroatoms. The van der Waals surface area contributed by atoms with Crippen LogP contribution in [0.25, 0.3) is 0 Å². The van der Waals surface area contributed by atoms with Gasteiger partial charge in [-0.2, -0.15) is 5.10 Å². The van der Waals surface area contributed by atoms with Crippen molar-refractivity contribution in [2.75, 3.05) is 0 Å². The fraction of sp³-hybridized carbons (Fsp3) is 0.167. The van der Waals surface area contributed by atoms with E-state index in [1.165, 1.54) is 0 Å². The van der Waals surface area contributed by atoms with Crippen molar-refractivity contribution >= 4 is 21.8 Å². The minimum Gasteiger partial charge on any atom is -0.347 e. The SMILES string of the molecule is Cn1nc(Br)cc1C(=O)NCc1ccccc1. The summed E-state index contributed by atoms with van der Waals surface area (Å²) in [6.45, 7) is 0.516. The van der Waals surface area contributed by atoms with Crippen molar-refractivity contribution in [2.45, 2.75) is 6.54 Å². The van der Waals surface area contributed by atoms with E-state index in [4.69, 9.17) is 0 Å². The molecule has 17 heavy (non-hydrogen) atoms. The Hall–Kier alpha value is -1.62. The Bertz CT molecular complexity index is 522. The second-order valence-corrected chi connectivity index (χ2v) is 4.46.